The van der Waals surface area contributed by atoms with E-state index in [0.717, 1.165) is 43.2 Å². The number of carbonyl (C=O) groups excluding carboxylic acids is 1. The van der Waals surface area contributed by atoms with E-state index in [4.69, 9.17) is 21.3 Å². The highest BCUT2D eigenvalue weighted by Gasteiger charge is 2.14. The molecule has 32 heavy (non-hydrogen) atoms. The number of hydrogen-bond acceptors (Lipinski definition) is 6. The Kier molecular flexibility index (Phi) is 7.19. The first-order valence-corrected chi connectivity index (χ1v) is 12.3. The normalized spacial score (nSPS) is 10.8. The summed E-state index contributed by atoms with van der Waals surface area (Å²) in [7, 11) is 0. The zero-order valence-electron chi connectivity index (χ0n) is 17.7. The van der Waals surface area contributed by atoms with Crippen LogP contribution in [0.4, 0.5) is 0 Å². The van der Waals surface area contributed by atoms with Crippen LogP contribution in [0.1, 0.15) is 22.5 Å². The van der Waals surface area contributed by atoms with Gasteiger partial charge in [-0.1, -0.05) is 35.9 Å². The summed E-state index contributed by atoms with van der Waals surface area (Å²) in [5.41, 5.74) is 3.63. The quantitative estimate of drug-likeness (QED) is 0.326. The van der Waals surface area contributed by atoms with Gasteiger partial charge < -0.3 is 10.1 Å². The molecule has 4 aromatic rings. The van der Waals surface area contributed by atoms with Crippen molar-refractivity contribution < 1.29 is 9.53 Å². The van der Waals surface area contributed by atoms with Crippen molar-refractivity contribution >= 4 is 40.2 Å². The minimum Gasteiger partial charge on any atom is -0.493 e. The average Bonchev–Trinajstić information content (AvgIpc) is 3.40. The summed E-state index contributed by atoms with van der Waals surface area (Å²) < 4.78 is 5.69. The van der Waals surface area contributed by atoms with Gasteiger partial charge in [0.15, 0.2) is 0 Å². The van der Waals surface area contributed by atoms with E-state index in [1.807, 2.05) is 67.8 Å². The molecule has 0 bridgehead atoms. The zero-order chi connectivity index (χ0) is 22.5. The molecule has 2 aromatic heterocycles. The van der Waals surface area contributed by atoms with Gasteiger partial charge in [-0.25, -0.2) is 9.97 Å². The molecule has 0 saturated carbocycles. The molecule has 0 spiro atoms. The van der Waals surface area contributed by atoms with Crippen LogP contribution in [0.15, 0.2) is 53.9 Å². The number of rotatable bonds is 8. The van der Waals surface area contributed by atoms with Gasteiger partial charge in [0.1, 0.15) is 15.8 Å². The van der Waals surface area contributed by atoms with E-state index in [0.29, 0.717) is 18.2 Å². The van der Waals surface area contributed by atoms with Crippen LogP contribution in [0.2, 0.25) is 5.02 Å². The lowest BCUT2D eigenvalue weighted by Crippen LogP contribution is -2.24. The van der Waals surface area contributed by atoms with Crippen molar-refractivity contribution in [2.24, 2.45) is 0 Å². The van der Waals surface area contributed by atoms with Crippen molar-refractivity contribution in [3.63, 3.8) is 0 Å². The molecule has 1 amide bonds. The van der Waals surface area contributed by atoms with Crippen molar-refractivity contribution in [1.82, 2.24) is 15.3 Å². The largest absolute Gasteiger partial charge is 0.493 e. The van der Waals surface area contributed by atoms with Gasteiger partial charge in [-0.3, -0.25) is 4.79 Å². The lowest BCUT2D eigenvalue weighted by Gasteiger charge is -2.07. The zero-order valence-corrected chi connectivity index (χ0v) is 20.1. The molecule has 0 aliphatic rings. The van der Waals surface area contributed by atoms with Crippen LogP contribution in [-0.4, -0.2) is 22.5 Å². The molecular weight excluding hydrogens is 462 g/mol. The third-order valence-electron chi connectivity index (χ3n) is 4.71. The molecule has 0 aliphatic carbocycles. The predicted molar refractivity (Wildman–Crippen MR) is 132 cm³/mol. The summed E-state index contributed by atoms with van der Waals surface area (Å²) in [4.78, 5) is 22.9. The number of halogens is 1. The fourth-order valence-corrected chi connectivity index (χ4v) is 5.11. The van der Waals surface area contributed by atoms with Crippen LogP contribution in [0.5, 0.6) is 5.75 Å². The highest BCUT2D eigenvalue weighted by molar-refractivity contribution is 7.13. The van der Waals surface area contributed by atoms with Gasteiger partial charge in [-0.05, 0) is 38.1 Å². The van der Waals surface area contributed by atoms with Crippen LogP contribution >= 0.6 is 34.3 Å². The number of nitrogens with zero attached hydrogens (tertiary/aromatic N) is 2. The Labute approximate surface area is 200 Å². The van der Waals surface area contributed by atoms with Crippen molar-refractivity contribution in [3.8, 4) is 27.6 Å². The van der Waals surface area contributed by atoms with Gasteiger partial charge in [0, 0.05) is 20.8 Å². The van der Waals surface area contributed by atoms with Crippen molar-refractivity contribution in [2.75, 3.05) is 6.61 Å². The van der Waals surface area contributed by atoms with Gasteiger partial charge in [-0.15, -0.1) is 22.7 Å². The first-order chi connectivity index (χ1) is 15.5. The molecule has 0 unspecified atom stereocenters. The van der Waals surface area contributed by atoms with Crippen molar-refractivity contribution in [3.05, 3.63) is 74.5 Å². The lowest BCUT2D eigenvalue weighted by atomic mass is 10.1. The van der Waals surface area contributed by atoms with Crippen LogP contribution in [0.25, 0.3) is 21.8 Å². The molecule has 4 rings (SSSR count). The Morgan fingerprint density at radius 1 is 1.12 bits per heavy atom. The first-order valence-electron chi connectivity index (χ1n) is 10.2. The summed E-state index contributed by atoms with van der Waals surface area (Å²) in [6.07, 6.45) is 0.224. The fourth-order valence-electron chi connectivity index (χ4n) is 3.24. The number of aryl methyl sites for hydroxylation is 1. The van der Waals surface area contributed by atoms with E-state index in [1.54, 1.807) is 11.3 Å². The molecular formula is C24H22ClN3O2S2. The summed E-state index contributed by atoms with van der Waals surface area (Å²) in [6, 6.07) is 15.4. The summed E-state index contributed by atoms with van der Waals surface area (Å²) in [6.45, 7) is 4.97. The van der Waals surface area contributed by atoms with E-state index >= 15 is 0 Å². The Balaban J connectivity index is 1.37. The fraction of sp³-hybridized carbons (Fsp3) is 0.208. The Morgan fingerprint density at radius 3 is 2.69 bits per heavy atom. The van der Waals surface area contributed by atoms with Gasteiger partial charge in [0.2, 0.25) is 5.91 Å². The van der Waals surface area contributed by atoms with Crippen molar-refractivity contribution in [1.29, 1.82) is 0 Å². The summed E-state index contributed by atoms with van der Waals surface area (Å²) in [5, 5.41) is 7.29. The highest BCUT2D eigenvalue weighted by Crippen LogP contribution is 2.32. The second-order valence-electron chi connectivity index (χ2n) is 7.05. The highest BCUT2D eigenvalue weighted by atomic mass is 35.5. The van der Waals surface area contributed by atoms with Gasteiger partial charge in [-0.2, -0.15) is 0 Å². The number of carbonyl (C=O) groups is 1. The van der Waals surface area contributed by atoms with E-state index in [1.165, 1.54) is 11.3 Å². The molecule has 5 nitrogen and oxygen atoms in total. The number of aromatic nitrogens is 2. The third-order valence-corrected chi connectivity index (χ3v) is 6.85. The van der Waals surface area contributed by atoms with E-state index in [-0.39, 0.29) is 12.3 Å². The number of thiazole rings is 2. The number of benzene rings is 2. The molecule has 164 valence electrons. The number of para-hydroxylation sites is 1. The second kappa shape index (κ2) is 10.3. The second-order valence-corrected chi connectivity index (χ2v) is 9.63. The molecule has 0 fully saturated rings. The van der Waals surface area contributed by atoms with E-state index < -0.39 is 0 Å². The van der Waals surface area contributed by atoms with Gasteiger partial charge in [0.25, 0.3) is 0 Å². The molecule has 1 N–H and O–H groups in total. The van der Waals surface area contributed by atoms with Gasteiger partial charge >= 0.3 is 0 Å². The number of nitrogens with one attached hydrogen (secondary N) is 1. The van der Waals surface area contributed by atoms with E-state index in [9.17, 15) is 4.79 Å². The monoisotopic (exact) mass is 483 g/mol. The summed E-state index contributed by atoms with van der Waals surface area (Å²) >= 11 is 9.07. The predicted octanol–water partition coefficient (Wildman–Crippen LogP) is 6.15. The minimum atomic E-state index is -0.0826. The number of hydrogen-bond donors (Lipinski definition) is 1. The minimum absolute atomic E-state index is 0.0826. The smallest absolute Gasteiger partial charge is 0.226 e. The molecule has 8 heteroatoms. The maximum atomic E-state index is 12.5. The Hall–Kier alpha value is -2.74. The van der Waals surface area contributed by atoms with E-state index in [2.05, 4.69) is 10.3 Å². The van der Waals surface area contributed by atoms with Crippen molar-refractivity contribution in [2.45, 2.75) is 26.8 Å². The lowest BCUT2D eigenvalue weighted by molar-refractivity contribution is -0.120. The SMILES string of the molecule is CCOc1ccccc1-c1nc(CC(=O)NCc2nc(-c3ccc(Cl)cc3)c(C)s2)cs1. The number of ether oxygens (including phenoxy) is 1. The number of amides is 1. The Morgan fingerprint density at radius 2 is 1.91 bits per heavy atom. The average molecular weight is 484 g/mol. The molecule has 0 aliphatic heterocycles. The first kappa shape index (κ1) is 22.5. The maximum absolute atomic E-state index is 12.5. The summed E-state index contributed by atoms with van der Waals surface area (Å²) in [5.74, 6) is 0.719. The standard InChI is InChI=1S/C24H22ClN3O2S2/c1-3-30-20-7-5-4-6-19(20)24-27-18(14-31-24)12-21(29)26-13-22-28-23(15(2)32-22)16-8-10-17(25)11-9-16/h4-11,14H,3,12-13H2,1-2H3,(H,26,29). The van der Waals surface area contributed by atoms with Gasteiger partial charge in [0.05, 0.1) is 36.5 Å². The molecule has 2 aromatic carbocycles. The molecule has 0 radical (unpaired) electrons. The molecule has 0 saturated heterocycles. The molecule has 0 atom stereocenters. The maximum Gasteiger partial charge on any atom is 0.226 e. The van der Waals surface area contributed by atoms with Crippen LogP contribution in [0.3, 0.4) is 0 Å². The van der Waals surface area contributed by atoms with Crippen LogP contribution < -0.4 is 10.1 Å². The topological polar surface area (TPSA) is 64.1 Å². The molecule has 2 heterocycles. The van der Waals surface area contributed by atoms with Crippen LogP contribution in [0, 0.1) is 6.92 Å². The van der Waals surface area contributed by atoms with Crippen LogP contribution in [-0.2, 0) is 17.8 Å². The Bertz CT molecular complexity index is 1220. The third kappa shape index (κ3) is 5.35.